The summed E-state index contributed by atoms with van der Waals surface area (Å²) in [5.41, 5.74) is 1.57. The fraction of sp³-hybridized carbons (Fsp3) is 0.192. The van der Waals surface area contributed by atoms with Crippen molar-refractivity contribution in [3.8, 4) is 22.9 Å². The molecule has 6 rings (SSSR count). The molecule has 2 aromatic carbocycles. The Bertz CT molecular complexity index is 1640. The summed E-state index contributed by atoms with van der Waals surface area (Å²) < 4.78 is 18.6. The van der Waals surface area contributed by atoms with Crippen LogP contribution in [0.1, 0.15) is 39.8 Å². The zero-order chi connectivity index (χ0) is 23.9. The van der Waals surface area contributed by atoms with Crippen LogP contribution in [0.25, 0.3) is 22.7 Å². The molecule has 0 amide bonds. The third-order valence-electron chi connectivity index (χ3n) is 6.83. The number of fused-ring (bicyclic) bond motifs is 6. The fourth-order valence-electron chi connectivity index (χ4n) is 4.99. The summed E-state index contributed by atoms with van der Waals surface area (Å²) in [5.74, 6) is 0.793. The highest BCUT2D eigenvalue weighted by atomic mass is 16.5. The number of rotatable bonds is 2. The first kappa shape index (κ1) is 20.3. The Hall–Kier alpha value is -4.33. The molecule has 4 aromatic rings. The summed E-state index contributed by atoms with van der Waals surface area (Å²) in [6.45, 7) is 5.13. The van der Waals surface area contributed by atoms with Crippen molar-refractivity contribution in [1.82, 2.24) is 9.78 Å². The van der Waals surface area contributed by atoms with Gasteiger partial charge in [-0.3, -0.25) is 9.59 Å². The minimum Gasteiger partial charge on any atom is -0.507 e. The van der Waals surface area contributed by atoms with Crippen molar-refractivity contribution in [3.05, 3.63) is 80.7 Å². The van der Waals surface area contributed by atoms with Crippen LogP contribution in [0.5, 0.6) is 17.2 Å². The topological polar surface area (TPSA) is 104 Å². The molecule has 3 heterocycles. The largest absolute Gasteiger partial charge is 0.507 e. The fourth-order valence-corrected chi connectivity index (χ4v) is 4.99. The Morgan fingerprint density at radius 3 is 2.56 bits per heavy atom. The van der Waals surface area contributed by atoms with Crippen molar-refractivity contribution >= 4 is 22.8 Å². The Morgan fingerprint density at radius 2 is 1.85 bits per heavy atom. The van der Waals surface area contributed by atoms with Crippen molar-refractivity contribution in [2.45, 2.75) is 26.2 Å². The molecule has 2 aliphatic rings. The minimum atomic E-state index is -1.31. The maximum atomic E-state index is 14.0. The number of aromatic nitrogens is 2. The lowest BCUT2D eigenvalue weighted by atomic mass is 9.71. The maximum Gasteiger partial charge on any atom is 0.196 e. The van der Waals surface area contributed by atoms with E-state index in [2.05, 4.69) is 5.10 Å². The van der Waals surface area contributed by atoms with Crippen LogP contribution in [0.2, 0.25) is 0 Å². The molecule has 0 radical (unpaired) electrons. The van der Waals surface area contributed by atoms with E-state index in [4.69, 9.17) is 13.9 Å². The number of benzene rings is 2. The summed E-state index contributed by atoms with van der Waals surface area (Å²) in [6, 6.07) is 8.62. The number of aryl methyl sites for hydroxylation is 2. The number of methoxy groups -OCH3 is 1. The van der Waals surface area contributed by atoms with Crippen LogP contribution in [0, 0.1) is 13.8 Å². The molecule has 1 aliphatic carbocycles. The second-order valence-corrected chi connectivity index (χ2v) is 8.69. The number of phenolic OH excluding ortho intramolecular Hbond substituents is 1. The lowest BCUT2D eigenvalue weighted by Gasteiger charge is -2.27. The first-order valence-corrected chi connectivity index (χ1v) is 10.7. The third-order valence-corrected chi connectivity index (χ3v) is 6.83. The zero-order valence-electron chi connectivity index (χ0n) is 18.9. The van der Waals surface area contributed by atoms with Crippen LogP contribution >= 0.6 is 0 Å². The molecule has 0 saturated carbocycles. The SMILES string of the molecule is COc1ccc(-n2nc(C)c3c2C=C2Oc4c(c(O)c(C)c5occc(=O)c45)C2(C)C3=O)cc1. The van der Waals surface area contributed by atoms with Gasteiger partial charge in [-0.15, -0.1) is 0 Å². The highest BCUT2D eigenvalue weighted by Crippen LogP contribution is 2.57. The molecule has 1 atom stereocenters. The van der Waals surface area contributed by atoms with Crippen molar-refractivity contribution in [2.24, 2.45) is 0 Å². The van der Waals surface area contributed by atoms with Crippen LogP contribution in [0.4, 0.5) is 0 Å². The standard InChI is InChI=1S/C26H20N2O6/c1-12-22(30)21-24(20-17(29)9-10-33-23(12)20)34-18-11-16-19(25(31)26(18,21)3)13(2)27-28(16)14-5-7-15(32-4)8-6-14/h5-11,30H,1-4H3. The molecular weight excluding hydrogens is 436 g/mol. The molecule has 2 aromatic heterocycles. The molecule has 1 unspecified atom stereocenters. The van der Waals surface area contributed by atoms with E-state index in [1.54, 1.807) is 38.6 Å². The van der Waals surface area contributed by atoms with Gasteiger partial charge in [0.25, 0.3) is 0 Å². The van der Waals surface area contributed by atoms with E-state index in [0.717, 1.165) is 5.69 Å². The first-order chi connectivity index (χ1) is 16.3. The van der Waals surface area contributed by atoms with Crippen LogP contribution in [0.3, 0.4) is 0 Å². The predicted octanol–water partition coefficient (Wildman–Crippen LogP) is 4.20. The number of carbonyl (C=O) groups excluding carboxylic acids is 1. The van der Waals surface area contributed by atoms with Crippen LogP contribution in [-0.2, 0) is 5.41 Å². The van der Waals surface area contributed by atoms with Crippen molar-refractivity contribution in [3.63, 3.8) is 0 Å². The van der Waals surface area contributed by atoms with E-state index in [1.165, 1.54) is 12.3 Å². The second-order valence-electron chi connectivity index (χ2n) is 8.69. The van der Waals surface area contributed by atoms with Crippen molar-refractivity contribution < 1.29 is 23.8 Å². The van der Waals surface area contributed by atoms with Gasteiger partial charge in [-0.2, -0.15) is 5.10 Å². The summed E-state index contributed by atoms with van der Waals surface area (Å²) in [5, 5.41) is 15.9. The summed E-state index contributed by atoms with van der Waals surface area (Å²) >= 11 is 0. The van der Waals surface area contributed by atoms with Crippen molar-refractivity contribution in [1.29, 1.82) is 0 Å². The molecule has 8 nitrogen and oxygen atoms in total. The molecule has 34 heavy (non-hydrogen) atoms. The van der Waals surface area contributed by atoms with E-state index in [9.17, 15) is 14.7 Å². The summed E-state index contributed by atoms with van der Waals surface area (Å²) in [7, 11) is 1.59. The van der Waals surface area contributed by atoms with Gasteiger partial charge < -0.3 is 19.0 Å². The first-order valence-electron chi connectivity index (χ1n) is 10.7. The number of hydrogen-bond acceptors (Lipinski definition) is 7. The van der Waals surface area contributed by atoms with Crippen molar-refractivity contribution in [2.75, 3.05) is 7.11 Å². The summed E-state index contributed by atoms with van der Waals surface area (Å²) in [6.07, 6.45) is 3.03. The number of ether oxygens (including phenoxy) is 2. The Morgan fingerprint density at radius 1 is 1.12 bits per heavy atom. The van der Waals surface area contributed by atoms with E-state index in [-0.39, 0.29) is 39.2 Å². The third kappa shape index (κ3) is 2.34. The van der Waals surface area contributed by atoms with Gasteiger partial charge in [-0.05, 0) is 45.0 Å². The van der Waals surface area contributed by atoms with Gasteiger partial charge in [0.05, 0.1) is 41.6 Å². The Kier molecular flexibility index (Phi) is 3.94. The second kappa shape index (κ2) is 6.60. The predicted molar refractivity (Wildman–Crippen MR) is 124 cm³/mol. The number of aromatic hydroxyl groups is 1. The maximum absolute atomic E-state index is 14.0. The van der Waals surface area contributed by atoms with E-state index in [0.29, 0.717) is 34.0 Å². The normalized spacial score (nSPS) is 18.2. The molecule has 0 saturated heterocycles. The monoisotopic (exact) mass is 456 g/mol. The van der Waals surface area contributed by atoms with E-state index in [1.807, 2.05) is 24.3 Å². The quantitative estimate of drug-likeness (QED) is 0.482. The number of hydrogen-bond donors (Lipinski definition) is 1. The van der Waals surface area contributed by atoms with Gasteiger partial charge in [-0.25, -0.2) is 4.68 Å². The highest BCUT2D eigenvalue weighted by molar-refractivity contribution is 6.14. The van der Waals surface area contributed by atoms with E-state index < -0.39 is 5.41 Å². The van der Waals surface area contributed by atoms with Gasteiger partial charge in [-0.1, -0.05) is 0 Å². The van der Waals surface area contributed by atoms with E-state index >= 15 is 0 Å². The van der Waals surface area contributed by atoms with Gasteiger partial charge in [0, 0.05) is 17.7 Å². The molecule has 8 heteroatoms. The molecule has 1 aliphatic heterocycles. The summed E-state index contributed by atoms with van der Waals surface area (Å²) in [4.78, 5) is 26.8. The molecular formula is C26H20N2O6. The molecule has 0 bridgehead atoms. The molecule has 170 valence electrons. The number of allylic oxidation sites excluding steroid dienone is 1. The van der Waals surface area contributed by atoms with Gasteiger partial charge >= 0.3 is 0 Å². The van der Waals surface area contributed by atoms with Crippen LogP contribution in [0.15, 0.2) is 51.6 Å². The van der Waals surface area contributed by atoms with Gasteiger partial charge in [0.15, 0.2) is 11.2 Å². The lowest BCUT2D eigenvalue weighted by Crippen LogP contribution is -2.36. The molecule has 0 fully saturated rings. The number of Topliss-reactive ketones (excluding diaryl/α,β-unsaturated/α-hetero) is 1. The zero-order valence-corrected chi connectivity index (χ0v) is 18.9. The highest BCUT2D eigenvalue weighted by Gasteiger charge is 2.55. The molecule has 0 spiro atoms. The lowest BCUT2D eigenvalue weighted by molar-refractivity contribution is 0.0905. The number of ketones is 1. The smallest absolute Gasteiger partial charge is 0.196 e. The number of phenols is 1. The van der Waals surface area contributed by atoms with Gasteiger partial charge in [0.1, 0.15) is 39.4 Å². The molecule has 1 N–H and O–H groups in total. The van der Waals surface area contributed by atoms with Crippen LogP contribution in [-0.4, -0.2) is 27.8 Å². The average Bonchev–Trinajstić information content (AvgIpc) is 3.32. The Balaban J connectivity index is 1.63. The minimum absolute atomic E-state index is 0.125. The number of nitrogens with zero attached hydrogens (tertiary/aromatic N) is 2. The Labute approximate surface area is 193 Å². The average molecular weight is 456 g/mol. The number of carbonyl (C=O) groups is 1. The van der Waals surface area contributed by atoms with Gasteiger partial charge in [0.2, 0.25) is 0 Å². The van der Waals surface area contributed by atoms with Crippen LogP contribution < -0.4 is 14.9 Å².